The van der Waals surface area contributed by atoms with Crippen LogP contribution in [0.2, 0.25) is 5.02 Å². The Labute approximate surface area is 126 Å². The lowest BCUT2D eigenvalue weighted by atomic mass is 10.2. The number of nitro benzene ring substituents is 1. The van der Waals surface area contributed by atoms with Crippen molar-refractivity contribution in [2.75, 3.05) is 12.4 Å². The number of pyridine rings is 1. The van der Waals surface area contributed by atoms with Crippen LogP contribution in [-0.4, -0.2) is 17.0 Å². The smallest absolute Gasteiger partial charge is 0.310 e. The summed E-state index contributed by atoms with van der Waals surface area (Å²) >= 11 is 6.05. The summed E-state index contributed by atoms with van der Waals surface area (Å²) in [6.07, 6.45) is 0. The molecule has 0 amide bonds. The minimum atomic E-state index is -0.478. The first-order valence-electron chi connectivity index (χ1n) is 6.22. The lowest BCUT2D eigenvalue weighted by Gasteiger charge is -2.09. The zero-order valence-corrected chi connectivity index (χ0v) is 12.3. The van der Waals surface area contributed by atoms with Crippen molar-refractivity contribution in [3.8, 4) is 5.75 Å². The molecule has 2 aromatic rings. The molecule has 21 heavy (non-hydrogen) atoms. The number of nitro groups is 1. The Morgan fingerprint density at radius 3 is 2.81 bits per heavy atom. The first-order valence-corrected chi connectivity index (χ1v) is 6.60. The van der Waals surface area contributed by atoms with Crippen molar-refractivity contribution in [1.82, 2.24) is 4.98 Å². The van der Waals surface area contributed by atoms with E-state index in [0.29, 0.717) is 16.5 Å². The number of ether oxygens (including phenoxy) is 1. The Kier molecular flexibility index (Phi) is 4.59. The predicted molar refractivity (Wildman–Crippen MR) is 81.0 cm³/mol. The molecule has 2 rings (SSSR count). The topological polar surface area (TPSA) is 77.3 Å². The van der Waals surface area contributed by atoms with Gasteiger partial charge < -0.3 is 10.1 Å². The molecule has 110 valence electrons. The number of nitrogens with zero attached hydrogens (tertiary/aromatic N) is 2. The molecule has 0 unspecified atom stereocenters. The first kappa shape index (κ1) is 15.1. The molecule has 0 fully saturated rings. The number of anilines is 1. The summed E-state index contributed by atoms with van der Waals surface area (Å²) < 4.78 is 5.53. The fourth-order valence-corrected chi connectivity index (χ4v) is 1.92. The maximum Gasteiger partial charge on any atom is 0.310 e. The van der Waals surface area contributed by atoms with E-state index in [1.54, 1.807) is 31.3 Å². The lowest BCUT2D eigenvalue weighted by molar-refractivity contribution is -0.386. The van der Waals surface area contributed by atoms with E-state index in [1.807, 2.05) is 6.92 Å². The zero-order chi connectivity index (χ0) is 15.4. The molecule has 1 aromatic heterocycles. The monoisotopic (exact) mass is 307 g/mol. The Balaban J connectivity index is 2.24. The standard InChI is InChI=1S/C14H14ClN3O3/c1-9-3-5-12(18(19)20)13(7-9)21-8-11-10(15)4-6-14(16-2)17-11/h3-7H,8H2,1-2H3,(H,16,17). The summed E-state index contributed by atoms with van der Waals surface area (Å²) in [4.78, 5) is 14.8. The van der Waals surface area contributed by atoms with Crippen molar-refractivity contribution in [3.05, 3.63) is 56.7 Å². The lowest BCUT2D eigenvalue weighted by Crippen LogP contribution is -2.03. The molecule has 0 bridgehead atoms. The molecule has 0 atom stereocenters. The van der Waals surface area contributed by atoms with Crippen LogP contribution in [0.3, 0.4) is 0 Å². The van der Waals surface area contributed by atoms with Crippen LogP contribution in [0.15, 0.2) is 30.3 Å². The second-order valence-electron chi connectivity index (χ2n) is 4.39. The van der Waals surface area contributed by atoms with E-state index in [2.05, 4.69) is 10.3 Å². The van der Waals surface area contributed by atoms with Crippen LogP contribution in [0, 0.1) is 17.0 Å². The van der Waals surface area contributed by atoms with Crippen molar-refractivity contribution in [2.45, 2.75) is 13.5 Å². The Bertz CT molecular complexity index is 677. The van der Waals surface area contributed by atoms with Crippen LogP contribution in [0.5, 0.6) is 5.75 Å². The van der Waals surface area contributed by atoms with Gasteiger partial charge in [-0.3, -0.25) is 10.1 Å². The molecule has 1 heterocycles. The molecule has 0 radical (unpaired) electrons. The van der Waals surface area contributed by atoms with E-state index in [9.17, 15) is 10.1 Å². The van der Waals surface area contributed by atoms with Gasteiger partial charge in [0, 0.05) is 13.1 Å². The van der Waals surface area contributed by atoms with E-state index in [1.165, 1.54) is 6.07 Å². The zero-order valence-electron chi connectivity index (χ0n) is 11.6. The summed E-state index contributed by atoms with van der Waals surface area (Å²) in [6.45, 7) is 1.89. The van der Waals surface area contributed by atoms with Crippen molar-refractivity contribution in [1.29, 1.82) is 0 Å². The van der Waals surface area contributed by atoms with Gasteiger partial charge >= 0.3 is 5.69 Å². The van der Waals surface area contributed by atoms with E-state index in [4.69, 9.17) is 16.3 Å². The van der Waals surface area contributed by atoms with Gasteiger partial charge in [-0.1, -0.05) is 17.7 Å². The quantitative estimate of drug-likeness (QED) is 0.675. The van der Waals surface area contributed by atoms with Gasteiger partial charge in [0.05, 0.1) is 15.6 Å². The number of halogens is 1. The molecule has 0 spiro atoms. The molecular formula is C14H14ClN3O3. The molecule has 0 saturated heterocycles. The fraction of sp³-hybridized carbons (Fsp3) is 0.214. The molecule has 1 N–H and O–H groups in total. The Morgan fingerprint density at radius 2 is 2.14 bits per heavy atom. The molecule has 0 saturated carbocycles. The number of rotatable bonds is 5. The van der Waals surface area contributed by atoms with Gasteiger partial charge in [0.1, 0.15) is 12.4 Å². The van der Waals surface area contributed by atoms with Crippen LogP contribution >= 0.6 is 11.6 Å². The molecule has 1 aromatic carbocycles. The highest BCUT2D eigenvalue weighted by Gasteiger charge is 2.16. The number of aryl methyl sites for hydroxylation is 1. The Morgan fingerprint density at radius 1 is 1.38 bits per heavy atom. The minimum Gasteiger partial charge on any atom is -0.480 e. The molecular weight excluding hydrogens is 294 g/mol. The normalized spacial score (nSPS) is 10.2. The van der Waals surface area contributed by atoms with Gasteiger partial charge in [-0.25, -0.2) is 4.98 Å². The van der Waals surface area contributed by atoms with E-state index < -0.39 is 4.92 Å². The van der Waals surface area contributed by atoms with Crippen LogP contribution in [0.1, 0.15) is 11.3 Å². The number of benzene rings is 1. The number of aromatic nitrogens is 1. The van der Waals surface area contributed by atoms with Crippen LogP contribution in [0.25, 0.3) is 0 Å². The highest BCUT2D eigenvalue weighted by molar-refractivity contribution is 6.31. The van der Waals surface area contributed by atoms with Crippen molar-refractivity contribution in [3.63, 3.8) is 0 Å². The summed E-state index contributed by atoms with van der Waals surface area (Å²) in [5, 5.41) is 14.3. The summed E-state index contributed by atoms with van der Waals surface area (Å²) in [7, 11) is 1.74. The van der Waals surface area contributed by atoms with E-state index in [-0.39, 0.29) is 18.0 Å². The summed E-state index contributed by atoms with van der Waals surface area (Å²) in [5.74, 6) is 0.851. The summed E-state index contributed by atoms with van der Waals surface area (Å²) in [6, 6.07) is 8.14. The minimum absolute atomic E-state index is 0.0542. The summed E-state index contributed by atoms with van der Waals surface area (Å²) in [5.41, 5.74) is 1.31. The van der Waals surface area contributed by atoms with Crippen LogP contribution < -0.4 is 10.1 Å². The highest BCUT2D eigenvalue weighted by atomic mass is 35.5. The molecule has 0 aliphatic rings. The maximum atomic E-state index is 11.0. The second-order valence-corrected chi connectivity index (χ2v) is 4.80. The number of hydrogen-bond donors (Lipinski definition) is 1. The van der Waals surface area contributed by atoms with Gasteiger partial charge in [0.25, 0.3) is 0 Å². The van der Waals surface area contributed by atoms with Gasteiger partial charge in [0.2, 0.25) is 0 Å². The first-order chi connectivity index (χ1) is 10.0. The van der Waals surface area contributed by atoms with Gasteiger partial charge in [0.15, 0.2) is 5.75 Å². The average molecular weight is 308 g/mol. The van der Waals surface area contributed by atoms with Gasteiger partial charge in [-0.15, -0.1) is 0 Å². The molecule has 7 heteroatoms. The third-order valence-corrected chi connectivity index (χ3v) is 3.20. The fourth-order valence-electron chi connectivity index (χ4n) is 1.76. The van der Waals surface area contributed by atoms with Gasteiger partial charge in [-0.05, 0) is 30.7 Å². The van der Waals surface area contributed by atoms with Gasteiger partial charge in [-0.2, -0.15) is 0 Å². The maximum absolute atomic E-state index is 11.0. The van der Waals surface area contributed by atoms with Crippen molar-refractivity contribution >= 4 is 23.1 Å². The van der Waals surface area contributed by atoms with Crippen LogP contribution in [-0.2, 0) is 6.61 Å². The molecule has 6 nitrogen and oxygen atoms in total. The van der Waals surface area contributed by atoms with Crippen LogP contribution in [0.4, 0.5) is 11.5 Å². The van der Waals surface area contributed by atoms with Crippen molar-refractivity contribution in [2.24, 2.45) is 0 Å². The molecule has 0 aliphatic heterocycles. The van der Waals surface area contributed by atoms with E-state index >= 15 is 0 Å². The SMILES string of the molecule is CNc1ccc(Cl)c(COc2cc(C)ccc2[N+](=O)[O-])n1. The second kappa shape index (κ2) is 6.41. The largest absolute Gasteiger partial charge is 0.480 e. The number of hydrogen-bond acceptors (Lipinski definition) is 5. The average Bonchev–Trinajstić information content (AvgIpc) is 2.46. The third-order valence-electron chi connectivity index (χ3n) is 2.85. The van der Waals surface area contributed by atoms with E-state index in [0.717, 1.165) is 5.56 Å². The highest BCUT2D eigenvalue weighted by Crippen LogP contribution is 2.29. The Hall–Kier alpha value is -2.34. The van der Waals surface area contributed by atoms with Crippen molar-refractivity contribution < 1.29 is 9.66 Å². The predicted octanol–water partition coefficient (Wildman–Crippen LogP) is 3.57. The number of nitrogens with one attached hydrogen (secondary N) is 1. The molecule has 0 aliphatic carbocycles. The third kappa shape index (κ3) is 3.61.